The molecule has 0 bridgehead atoms. The van der Waals surface area contributed by atoms with Crippen molar-refractivity contribution in [2.24, 2.45) is 0 Å². The lowest BCUT2D eigenvalue weighted by Gasteiger charge is -2.15. The Hall–Kier alpha value is -1.67. The summed E-state index contributed by atoms with van der Waals surface area (Å²) in [5, 5.41) is -0.474. The van der Waals surface area contributed by atoms with Crippen LogP contribution in [0.4, 0.5) is 33.3 Å². The molecular weight excluding hydrogens is 347 g/mol. The van der Waals surface area contributed by atoms with Gasteiger partial charge >= 0.3 is 6.18 Å². The second kappa shape index (κ2) is 6.21. The molecule has 22 heavy (non-hydrogen) atoms. The first kappa shape index (κ1) is 16.7. The van der Waals surface area contributed by atoms with E-state index in [9.17, 15) is 22.0 Å². The number of hydrogen-bond acceptors (Lipinski definition) is 3. The zero-order valence-corrected chi connectivity index (χ0v) is 12.2. The zero-order valence-electron chi connectivity index (χ0n) is 10.6. The van der Waals surface area contributed by atoms with Crippen LogP contribution in [0.3, 0.4) is 0 Å². The SMILES string of the molecule is Nc1c(F)ccc(NSc2cccc(Cl)c2C(F)(F)F)c1F. The predicted octanol–water partition coefficient (Wildman–Crippen LogP) is 5.34. The molecule has 2 rings (SSSR count). The van der Waals surface area contributed by atoms with Gasteiger partial charge in [-0.05, 0) is 36.2 Å². The molecule has 0 heterocycles. The maximum atomic E-state index is 13.7. The van der Waals surface area contributed by atoms with Gasteiger partial charge in [-0.1, -0.05) is 17.7 Å². The molecule has 3 N–H and O–H groups in total. The number of benzene rings is 2. The fraction of sp³-hybridized carbons (Fsp3) is 0.0769. The van der Waals surface area contributed by atoms with E-state index in [1.54, 1.807) is 0 Å². The minimum atomic E-state index is -4.66. The number of hydrogen-bond donors (Lipinski definition) is 2. The Morgan fingerprint density at radius 1 is 1.09 bits per heavy atom. The molecule has 0 unspecified atom stereocenters. The van der Waals surface area contributed by atoms with Gasteiger partial charge in [0.2, 0.25) is 0 Å². The molecule has 118 valence electrons. The Bertz CT molecular complexity index is 706. The second-order valence-electron chi connectivity index (χ2n) is 4.14. The van der Waals surface area contributed by atoms with Gasteiger partial charge < -0.3 is 10.5 Å². The van der Waals surface area contributed by atoms with Gasteiger partial charge in [-0.2, -0.15) is 13.2 Å². The molecule has 9 heteroatoms. The average Bonchev–Trinajstić information content (AvgIpc) is 2.42. The lowest BCUT2D eigenvalue weighted by atomic mass is 10.2. The highest BCUT2D eigenvalue weighted by Gasteiger charge is 2.36. The van der Waals surface area contributed by atoms with Crippen LogP contribution in [0.2, 0.25) is 5.02 Å². The summed E-state index contributed by atoms with van der Waals surface area (Å²) in [7, 11) is 0. The number of rotatable bonds is 3. The standard InChI is InChI=1S/C13H8ClF5N2S/c14-6-2-1-3-9(10(6)13(17,18)19)22-21-8-5-4-7(15)12(20)11(8)16/h1-5,21H,20H2. The Morgan fingerprint density at radius 3 is 2.41 bits per heavy atom. The molecule has 0 saturated heterocycles. The smallest absolute Gasteiger partial charge is 0.394 e. The zero-order chi connectivity index (χ0) is 16.5. The molecule has 0 aliphatic rings. The first-order valence-corrected chi connectivity index (χ1v) is 6.93. The summed E-state index contributed by atoms with van der Waals surface area (Å²) in [6.45, 7) is 0. The lowest BCUT2D eigenvalue weighted by Crippen LogP contribution is -2.08. The topological polar surface area (TPSA) is 38.0 Å². The summed E-state index contributed by atoms with van der Waals surface area (Å²) in [6.07, 6.45) is -4.66. The highest BCUT2D eigenvalue weighted by Crippen LogP contribution is 2.41. The van der Waals surface area contributed by atoms with Crippen molar-refractivity contribution in [2.75, 3.05) is 10.5 Å². The van der Waals surface area contributed by atoms with Gasteiger partial charge in [-0.15, -0.1) is 0 Å². The Morgan fingerprint density at radius 2 is 1.77 bits per heavy atom. The number of halogens is 6. The summed E-state index contributed by atoms with van der Waals surface area (Å²) in [6, 6.07) is 5.55. The van der Waals surface area contributed by atoms with Gasteiger partial charge in [0.1, 0.15) is 11.5 Å². The first-order chi connectivity index (χ1) is 10.2. The van der Waals surface area contributed by atoms with E-state index in [1.807, 2.05) is 0 Å². The largest absolute Gasteiger partial charge is 0.418 e. The molecule has 0 atom stereocenters. The second-order valence-corrected chi connectivity index (χ2v) is 5.39. The summed E-state index contributed by atoms with van der Waals surface area (Å²) in [5.41, 5.74) is 3.18. The van der Waals surface area contributed by atoms with Crippen molar-refractivity contribution < 1.29 is 22.0 Å². The molecule has 0 amide bonds. The van der Waals surface area contributed by atoms with E-state index in [0.29, 0.717) is 11.9 Å². The van der Waals surface area contributed by atoms with E-state index < -0.39 is 34.1 Å². The molecule has 2 aromatic carbocycles. The highest BCUT2D eigenvalue weighted by molar-refractivity contribution is 8.00. The first-order valence-electron chi connectivity index (χ1n) is 5.74. The molecule has 0 aliphatic heterocycles. The fourth-order valence-electron chi connectivity index (χ4n) is 1.62. The van der Waals surface area contributed by atoms with E-state index in [1.165, 1.54) is 12.1 Å². The van der Waals surface area contributed by atoms with Crippen molar-refractivity contribution in [1.29, 1.82) is 0 Å². The summed E-state index contributed by atoms with van der Waals surface area (Å²) < 4.78 is 68.0. The van der Waals surface area contributed by atoms with Crippen LogP contribution in [0.1, 0.15) is 5.56 Å². The fourth-order valence-corrected chi connectivity index (χ4v) is 2.81. The monoisotopic (exact) mass is 354 g/mol. The van der Waals surface area contributed by atoms with Crippen LogP contribution in [-0.4, -0.2) is 0 Å². The molecule has 0 saturated carbocycles. The van der Waals surface area contributed by atoms with E-state index >= 15 is 0 Å². The van der Waals surface area contributed by atoms with Crippen LogP contribution < -0.4 is 10.5 Å². The van der Waals surface area contributed by atoms with Crippen LogP contribution in [0.25, 0.3) is 0 Å². The van der Waals surface area contributed by atoms with E-state index in [4.69, 9.17) is 17.3 Å². The molecule has 2 nitrogen and oxygen atoms in total. The Kier molecular flexibility index (Phi) is 4.72. The van der Waals surface area contributed by atoms with Crippen molar-refractivity contribution in [2.45, 2.75) is 11.1 Å². The predicted molar refractivity (Wildman–Crippen MR) is 76.7 cm³/mol. The van der Waals surface area contributed by atoms with E-state index in [2.05, 4.69) is 4.72 Å². The molecule has 0 aromatic heterocycles. The Balaban J connectivity index is 2.30. The number of alkyl halides is 3. The summed E-state index contributed by atoms with van der Waals surface area (Å²) >= 11 is 6.07. The molecule has 0 aliphatic carbocycles. The third-order valence-electron chi connectivity index (χ3n) is 2.66. The van der Waals surface area contributed by atoms with E-state index in [-0.39, 0.29) is 10.6 Å². The van der Waals surface area contributed by atoms with Crippen LogP contribution in [-0.2, 0) is 6.18 Å². The highest BCUT2D eigenvalue weighted by atomic mass is 35.5. The van der Waals surface area contributed by atoms with Gasteiger partial charge in [0.25, 0.3) is 0 Å². The van der Waals surface area contributed by atoms with Crippen molar-refractivity contribution in [3.63, 3.8) is 0 Å². The van der Waals surface area contributed by atoms with Gasteiger partial charge in [0.05, 0.1) is 16.3 Å². The molecular formula is C13H8ClF5N2S. The molecule has 0 fully saturated rings. The van der Waals surface area contributed by atoms with Crippen LogP contribution in [0.5, 0.6) is 0 Å². The van der Waals surface area contributed by atoms with Crippen molar-refractivity contribution in [3.05, 3.63) is 52.6 Å². The number of nitrogens with one attached hydrogen (secondary N) is 1. The van der Waals surface area contributed by atoms with E-state index in [0.717, 1.165) is 18.2 Å². The minimum absolute atomic E-state index is 0.239. The summed E-state index contributed by atoms with van der Waals surface area (Å²) in [5.74, 6) is -2.03. The average molecular weight is 355 g/mol. The maximum absolute atomic E-state index is 13.7. The molecule has 0 spiro atoms. The van der Waals surface area contributed by atoms with Crippen molar-refractivity contribution >= 4 is 34.9 Å². The summed E-state index contributed by atoms with van der Waals surface area (Å²) in [4.78, 5) is -0.248. The van der Waals surface area contributed by atoms with Gasteiger partial charge in [-0.25, -0.2) is 8.78 Å². The third-order valence-corrected chi connectivity index (χ3v) is 3.85. The quantitative estimate of drug-likeness (QED) is 0.444. The van der Waals surface area contributed by atoms with Gasteiger partial charge in [0, 0.05) is 4.90 Å². The Labute approximate surface area is 131 Å². The minimum Gasteiger partial charge on any atom is -0.394 e. The van der Waals surface area contributed by atoms with Gasteiger partial charge in [0.15, 0.2) is 5.82 Å². The van der Waals surface area contributed by atoms with Gasteiger partial charge in [-0.3, -0.25) is 0 Å². The number of nitrogens with two attached hydrogens (primary N) is 1. The third kappa shape index (κ3) is 3.38. The van der Waals surface area contributed by atoms with Crippen LogP contribution >= 0.6 is 23.5 Å². The molecule has 2 aromatic rings. The lowest BCUT2D eigenvalue weighted by molar-refractivity contribution is -0.139. The maximum Gasteiger partial charge on any atom is 0.418 e. The number of nitrogen functional groups attached to an aromatic ring is 1. The van der Waals surface area contributed by atoms with Crippen molar-refractivity contribution in [3.8, 4) is 0 Å². The number of anilines is 2. The van der Waals surface area contributed by atoms with Crippen LogP contribution in [0, 0.1) is 11.6 Å². The van der Waals surface area contributed by atoms with Crippen LogP contribution in [0.15, 0.2) is 35.2 Å². The van der Waals surface area contributed by atoms with Crippen molar-refractivity contribution in [1.82, 2.24) is 0 Å². The molecule has 0 radical (unpaired) electrons. The normalized spacial score (nSPS) is 11.5.